The third-order valence-corrected chi connectivity index (χ3v) is 3.48. The van der Waals surface area contributed by atoms with E-state index in [4.69, 9.17) is 4.42 Å². The van der Waals surface area contributed by atoms with Crippen LogP contribution in [0.2, 0.25) is 0 Å². The number of halogens is 1. The lowest BCUT2D eigenvalue weighted by molar-refractivity contribution is 0.578. The fraction of sp³-hybridized carbons (Fsp3) is 0.133. The van der Waals surface area contributed by atoms with Gasteiger partial charge in [-0.3, -0.25) is 0 Å². The standard InChI is InChI=1S/C15H12FN3O/c16-10-3-5-11(6-4-10)19-15-12(7-8-17-15)14(18-19)13-2-1-9-20-13/h1-6,9,17H,7-8H2. The van der Waals surface area contributed by atoms with Crippen LogP contribution in [0.4, 0.5) is 10.2 Å². The first-order chi connectivity index (χ1) is 9.83. The summed E-state index contributed by atoms with van der Waals surface area (Å²) in [5, 5.41) is 7.94. The maximum atomic E-state index is 13.0. The summed E-state index contributed by atoms with van der Waals surface area (Å²) in [4.78, 5) is 0. The molecule has 1 aliphatic heterocycles. The molecule has 0 fully saturated rings. The number of benzene rings is 1. The van der Waals surface area contributed by atoms with E-state index in [-0.39, 0.29) is 5.82 Å². The average Bonchev–Trinajstić information content (AvgIpc) is 3.16. The van der Waals surface area contributed by atoms with E-state index < -0.39 is 0 Å². The number of aromatic nitrogens is 2. The molecule has 0 unspecified atom stereocenters. The van der Waals surface area contributed by atoms with E-state index in [1.165, 1.54) is 12.1 Å². The van der Waals surface area contributed by atoms with Gasteiger partial charge in [-0.1, -0.05) is 0 Å². The lowest BCUT2D eigenvalue weighted by Crippen LogP contribution is -2.04. The van der Waals surface area contributed by atoms with Crippen LogP contribution in [0.15, 0.2) is 47.1 Å². The minimum Gasteiger partial charge on any atom is -0.463 e. The third kappa shape index (κ3) is 1.63. The fourth-order valence-electron chi connectivity index (χ4n) is 2.56. The first-order valence-corrected chi connectivity index (χ1v) is 6.48. The zero-order valence-corrected chi connectivity index (χ0v) is 10.6. The molecule has 5 heteroatoms. The summed E-state index contributed by atoms with van der Waals surface area (Å²) >= 11 is 0. The molecule has 0 bridgehead atoms. The molecule has 1 aliphatic rings. The van der Waals surface area contributed by atoms with Crippen molar-refractivity contribution >= 4 is 5.82 Å². The lowest BCUT2D eigenvalue weighted by atomic mass is 10.2. The summed E-state index contributed by atoms with van der Waals surface area (Å²) in [5.41, 5.74) is 2.82. The van der Waals surface area contributed by atoms with Gasteiger partial charge in [0, 0.05) is 12.1 Å². The van der Waals surface area contributed by atoms with Crippen molar-refractivity contribution in [1.82, 2.24) is 9.78 Å². The largest absolute Gasteiger partial charge is 0.463 e. The molecule has 0 amide bonds. The van der Waals surface area contributed by atoms with Gasteiger partial charge in [0.05, 0.1) is 12.0 Å². The molecule has 3 aromatic rings. The zero-order valence-electron chi connectivity index (χ0n) is 10.6. The summed E-state index contributed by atoms with van der Waals surface area (Å²) < 4.78 is 20.3. The highest BCUT2D eigenvalue weighted by molar-refractivity contribution is 5.69. The van der Waals surface area contributed by atoms with Crippen molar-refractivity contribution in [1.29, 1.82) is 0 Å². The van der Waals surface area contributed by atoms with E-state index >= 15 is 0 Å². The highest BCUT2D eigenvalue weighted by Gasteiger charge is 2.25. The highest BCUT2D eigenvalue weighted by Crippen LogP contribution is 2.34. The Morgan fingerprint density at radius 2 is 2.05 bits per heavy atom. The molecule has 1 aromatic carbocycles. The lowest BCUT2D eigenvalue weighted by Gasteiger charge is -2.05. The molecule has 0 atom stereocenters. The molecule has 0 spiro atoms. The first-order valence-electron chi connectivity index (χ1n) is 6.48. The molecule has 2 aromatic heterocycles. The van der Waals surface area contributed by atoms with Gasteiger partial charge >= 0.3 is 0 Å². The molecule has 0 saturated heterocycles. The number of fused-ring (bicyclic) bond motifs is 1. The van der Waals surface area contributed by atoms with Gasteiger partial charge in [0.25, 0.3) is 0 Å². The van der Waals surface area contributed by atoms with Gasteiger partial charge in [0.15, 0.2) is 5.76 Å². The quantitative estimate of drug-likeness (QED) is 0.776. The Kier molecular flexibility index (Phi) is 2.39. The summed E-state index contributed by atoms with van der Waals surface area (Å²) in [6.07, 6.45) is 2.55. The third-order valence-electron chi connectivity index (χ3n) is 3.48. The maximum Gasteiger partial charge on any atom is 0.154 e. The number of anilines is 1. The Balaban J connectivity index is 1.89. The first kappa shape index (κ1) is 11.3. The van der Waals surface area contributed by atoms with Crippen molar-refractivity contribution in [2.24, 2.45) is 0 Å². The molecule has 100 valence electrons. The molecule has 20 heavy (non-hydrogen) atoms. The van der Waals surface area contributed by atoms with Gasteiger partial charge in [0.2, 0.25) is 0 Å². The summed E-state index contributed by atoms with van der Waals surface area (Å²) in [5.74, 6) is 1.46. The van der Waals surface area contributed by atoms with Gasteiger partial charge in [-0.25, -0.2) is 9.07 Å². The van der Waals surface area contributed by atoms with Crippen molar-refractivity contribution in [3.8, 4) is 17.1 Å². The maximum absolute atomic E-state index is 13.0. The second-order valence-corrected chi connectivity index (χ2v) is 4.72. The Morgan fingerprint density at radius 3 is 2.80 bits per heavy atom. The van der Waals surface area contributed by atoms with Crippen LogP contribution in [0.3, 0.4) is 0 Å². The number of hydrogen-bond donors (Lipinski definition) is 1. The number of nitrogens with one attached hydrogen (secondary N) is 1. The van der Waals surface area contributed by atoms with Gasteiger partial charge in [0.1, 0.15) is 17.3 Å². The van der Waals surface area contributed by atoms with E-state index in [2.05, 4.69) is 10.4 Å². The van der Waals surface area contributed by atoms with Gasteiger partial charge in [-0.05, 0) is 42.8 Å². The highest BCUT2D eigenvalue weighted by atomic mass is 19.1. The Bertz CT molecular complexity index is 744. The molecular formula is C15H12FN3O. The molecular weight excluding hydrogens is 257 g/mol. The summed E-state index contributed by atoms with van der Waals surface area (Å²) in [7, 11) is 0. The Morgan fingerprint density at radius 1 is 1.20 bits per heavy atom. The minimum absolute atomic E-state index is 0.253. The molecule has 0 saturated carbocycles. The van der Waals surface area contributed by atoms with Crippen LogP contribution in [0, 0.1) is 5.82 Å². The molecule has 1 N–H and O–H groups in total. The normalized spacial score (nSPS) is 13.2. The summed E-state index contributed by atoms with van der Waals surface area (Å²) in [6.45, 7) is 0.877. The van der Waals surface area contributed by atoms with Crippen LogP contribution >= 0.6 is 0 Å². The van der Waals surface area contributed by atoms with Crippen LogP contribution in [0.25, 0.3) is 17.1 Å². The van der Waals surface area contributed by atoms with E-state index in [1.807, 2.05) is 12.1 Å². The predicted molar refractivity (Wildman–Crippen MR) is 73.4 cm³/mol. The topological polar surface area (TPSA) is 43.0 Å². The number of rotatable bonds is 2. The van der Waals surface area contributed by atoms with Gasteiger partial charge in [-0.2, -0.15) is 5.10 Å². The molecule has 3 heterocycles. The van der Waals surface area contributed by atoms with E-state index in [0.717, 1.165) is 41.5 Å². The van der Waals surface area contributed by atoms with Crippen LogP contribution in [-0.4, -0.2) is 16.3 Å². The van der Waals surface area contributed by atoms with Crippen LogP contribution in [0.5, 0.6) is 0 Å². The molecule has 0 radical (unpaired) electrons. The van der Waals surface area contributed by atoms with E-state index in [1.54, 1.807) is 23.1 Å². The predicted octanol–water partition coefficient (Wildman–Crippen LogP) is 3.24. The molecule has 4 nitrogen and oxygen atoms in total. The van der Waals surface area contributed by atoms with Gasteiger partial charge < -0.3 is 9.73 Å². The summed E-state index contributed by atoms with van der Waals surface area (Å²) in [6, 6.07) is 10.1. The second-order valence-electron chi connectivity index (χ2n) is 4.72. The average molecular weight is 269 g/mol. The van der Waals surface area contributed by atoms with Crippen molar-refractivity contribution < 1.29 is 8.81 Å². The monoisotopic (exact) mass is 269 g/mol. The van der Waals surface area contributed by atoms with Gasteiger partial charge in [-0.15, -0.1) is 0 Å². The Labute approximate surface area is 114 Å². The SMILES string of the molecule is Fc1ccc(-n2nc(-c3ccco3)c3c2NCC3)cc1. The smallest absolute Gasteiger partial charge is 0.154 e. The van der Waals surface area contributed by atoms with E-state index in [9.17, 15) is 4.39 Å². The van der Waals surface area contributed by atoms with Crippen molar-refractivity contribution in [3.05, 3.63) is 54.0 Å². The fourth-order valence-corrected chi connectivity index (χ4v) is 2.56. The van der Waals surface area contributed by atoms with Crippen molar-refractivity contribution in [2.45, 2.75) is 6.42 Å². The van der Waals surface area contributed by atoms with Crippen LogP contribution in [0.1, 0.15) is 5.56 Å². The number of nitrogens with zero attached hydrogens (tertiary/aromatic N) is 2. The number of furan rings is 1. The molecule has 0 aliphatic carbocycles. The van der Waals surface area contributed by atoms with Crippen LogP contribution in [-0.2, 0) is 6.42 Å². The zero-order chi connectivity index (χ0) is 13.5. The second kappa shape index (κ2) is 4.23. The minimum atomic E-state index is -0.253. The van der Waals surface area contributed by atoms with Crippen LogP contribution < -0.4 is 5.32 Å². The van der Waals surface area contributed by atoms with Crippen molar-refractivity contribution in [3.63, 3.8) is 0 Å². The van der Waals surface area contributed by atoms with Crippen molar-refractivity contribution in [2.75, 3.05) is 11.9 Å². The van der Waals surface area contributed by atoms with E-state index in [0.29, 0.717) is 0 Å². The Hall–Kier alpha value is -2.56. The molecule has 4 rings (SSSR count). The number of hydrogen-bond acceptors (Lipinski definition) is 3.